The van der Waals surface area contributed by atoms with Gasteiger partial charge in [0.05, 0.1) is 0 Å². The number of pyridine rings is 1. The maximum absolute atomic E-state index is 13.4. The molecule has 1 atom stereocenters. The predicted octanol–water partition coefficient (Wildman–Crippen LogP) is 1.26. The van der Waals surface area contributed by atoms with Crippen molar-refractivity contribution < 1.29 is 12.8 Å². The zero-order chi connectivity index (χ0) is 14.5. The van der Waals surface area contributed by atoms with Crippen LogP contribution in [0.25, 0.3) is 0 Å². The lowest BCUT2D eigenvalue weighted by molar-refractivity contribution is 0.392. The lowest BCUT2D eigenvalue weighted by Gasteiger charge is -2.21. The third kappa shape index (κ3) is 4.22. The Balaban J connectivity index is 2.74. The monoisotopic (exact) mass is 289 g/mol. The van der Waals surface area contributed by atoms with E-state index in [-0.39, 0.29) is 18.5 Å². The summed E-state index contributed by atoms with van der Waals surface area (Å²) in [7, 11) is -3.95. The van der Waals surface area contributed by atoms with E-state index in [2.05, 4.69) is 9.71 Å². The molecule has 5 nitrogen and oxygen atoms in total. The highest BCUT2D eigenvalue weighted by Crippen LogP contribution is 2.13. The van der Waals surface area contributed by atoms with Crippen molar-refractivity contribution >= 4 is 10.0 Å². The van der Waals surface area contributed by atoms with Crippen LogP contribution in [0.3, 0.4) is 0 Å². The van der Waals surface area contributed by atoms with Gasteiger partial charge in [0.25, 0.3) is 10.0 Å². The molecule has 0 radical (unpaired) electrons. The normalized spacial score (nSPS) is 13.7. The average molecular weight is 289 g/mol. The summed E-state index contributed by atoms with van der Waals surface area (Å²) in [6, 6.07) is 2.10. The Labute approximate surface area is 113 Å². The summed E-state index contributed by atoms with van der Waals surface area (Å²) in [6.07, 6.45) is 2.98. The van der Waals surface area contributed by atoms with Crippen molar-refractivity contribution in [2.45, 2.75) is 37.8 Å². The van der Waals surface area contributed by atoms with Crippen molar-refractivity contribution in [3.63, 3.8) is 0 Å². The fourth-order valence-corrected chi connectivity index (χ4v) is 2.98. The fourth-order valence-electron chi connectivity index (χ4n) is 1.90. The zero-order valence-corrected chi connectivity index (χ0v) is 12.0. The van der Waals surface area contributed by atoms with E-state index < -0.39 is 20.9 Å². The lowest BCUT2D eigenvalue weighted by Crippen LogP contribution is -2.42. The average Bonchev–Trinajstić information content (AvgIpc) is 2.38. The number of halogens is 1. The Morgan fingerprint density at radius 2 is 2.05 bits per heavy atom. The summed E-state index contributed by atoms with van der Waals surface area (Å²) in [5, 5.41) is -0.591. The molecule has 3 N–H and O–H groups in total. The molecule has 0 saturated heterocycles. The fraction of sp³-hybridized carbons (Fsp3) is 0.583. The van der Waals surface area contributed by atoms with E-state index >= 15 is 0 Å². The van der Waals surface area contributed by atoms with Crippen LogP contribution in [0, 0.1) is 11.7 Å². The van der Waals surface area contributed by atoms with Crippen LogP contribution >= 0.6 is 0 Å². The van der Waals surface area contributed by atoms with E-state index in [4.69, 9.17) is 5.73 Å². The molecule has 0 aliphatic heterocycles. The largest absolute Gasteiger partial charge is 0.326 e. The van der Waals surface area contributed by atoms with Crippen LogP contribution in [-0.4, -0.2) is 26.0 Å². The van der Waals surface area contributed by atoms with Gasteiger partial charge >= 0.3 is 0 Å². The minimum absolute atomic E-state index is 0.0741. The molecule has 1 unspecified atom stereocenters. The Bertz CT molecular complexity index is 503. The van der Waals surface area contributed by atoms with Gasteiger partial charge in [-0.1, -0.05) is 26.7 Å². The van der Waals surface area contributed by atoms with Crippen LogP contribution < -0.4 is 10.5 Å². The highest BCUT2D eigenvalue weighted by Gasteiger charge is 2.22. The van der Waals surface area contributed by atoms with Gasteiger partial charge in [0.2, 0.25) is 5.03 Å². The zero-order valence-electron chi connectivity index (χ0n) is 11.1. The number of nitrogens with one attached hydrogen (secondary N) is 1. The summed E-state index contributed by atoms with van der Waals surface area (Å²) in [6.45, 7) is 4.08. The second-order valence-corrected chi connectivity index (χ2v) is 6.06. The summed E-state index contributed by atoms with van der Waals surface area (Å²) in [4.78, 5) is 3.55. The molecule has 1 aromatic heterocycles. The lowest BCUT2D eigenvalue weighted by atomic mass is 9.95. The van der Waals surface area contributed by atoms with E-state index in [9.17, 15) is 12.8 Å². The Morgan fingerprint density at radius 3 is 2.58 bits per heavy atom. The van der Waals surface area contributed by atoms with Crippen molar-refractivity contribution in [1.82, 2.24) is 9.71 Å². The van der Waals surface area contributed by atoms with Crippen molar-refractivity contribution in [3.8, 4) is 0 Å². The van der Waals surface area contributed by atoms with Gasteiger partial charge in [-0.15, -0.1) is 0 Å². The molecule has 0 amide bonds. The molecule has 19 heavy (non-hydrogen) atoms. The Kier molecular flexibility index (Phi) is 5.84. The van der Waals surface area contributed by atoms with Gasteiger partial charge in [-0.25, -0.2) is 22.5 Å². The smallest absolute Gasteiger partial charge is 0.261 e. The number of sulfonamides is 1. The minimum atomic E-state index is -3.95. The topological polar surface area (TPSA) is 85.1 Å². The molecule has 7 heteroatoms. The molecule has 0 aromatic carbocycles. The quantitative estimate of drug-likeness (QED) is 0.791. The van der Waals surface area contributed by atoms with Crippen LogP contribution in [0.4, 0.5) is 4.39 Å². The number of rotatable bonds is 7. The van der Waals surface area contributed by atoms with Gasteiger partial charge in [-0.2, -0.15) is 0 Å². The van der Waals surface area contributed by atoms with Crippen LogP contribution in [0.2, 0.25) is 0 Å². The van der Waals surface area contributed by atoms with Crippen molar-refractivity contribution in [3.05, 3.63) is 24.1 Å². The highest BCUT2D eigenvalue weighted by molar-refractivity contribution is 7.89. The van der Waals surface area contributed by atoms with Gasteiger partial charge < -0.3 is 5.73 Å². The summed E-state index contributed by atoms with van der Waals surface area (Å²) >= 11 is 0. The number of nitrogens with zero attached hydrogens (tertiary/aromatic N) is 1. The maximum Gasteiger partial charge on any atom is 0.261 e. The first kappa shape index (κ1) is 16.0. The van der Waals surface area contributed by atoms with E-state index in [1.54, 1.807) is 0 Å². The number of hydrogen-bond acceptors (Lipinski definition) is 4. The predicted molar refractivity (Wildman–Crippen MR) is 71.4 cm³/mol. The highest BCUT2D eigenvalue weighted by atomic mass is 32.2. The summed E-state index contributed by atoms with van der Waals surface area (Å²) in [5.41, 5.74) is 5.92. The Hall–Kier alpha value is -1.05. The molecular weight excluding hydrogens is 269 g/mol. The first-order valence-corrected chi connectivity index (χ1v) is 7.76. The van der Waals surface area contributed by atoms with Crippen molar-refractivity contribution in [1.29, 1.82) is 0 Å². The summed E-state index contributed by atoms with van der Waals surface area (Å²) in [5.74, 6) is -0.637. The first-order valence-electron chi connectivity index (χ1n) is 6.28. The van der Waals surface area contributed by atoms with Gasteiger partial charge in [0.15, 0.2) is 5.82 Å². The molecule has 108 valence electrons. The molecule has 0 aliphatic rings. The minimum Gasteiger partial charge on any atom is -0.326 e. The van der Waals surface area contributed by atoms with Crippen LogP contribution in [-0.2, 0) is 10.0 Å². The van der Waals surface area contributed by atoms with Crippen LogP contribution in [0.15, 0.2) is 23.4 Å². The molecule has 0 spiro atoms. The maximum atomic E-state index is 13.4. The first-order chi connectivity index (χ1) is 8.92. The molecule has 0 saturated carbocycles. The second kappa shape index (κ2) is 6.93. The van der Waals surface area contributed by atoms with Gasteiger partial charge in [-0.3, -0.25) is 0 Å². The molecule has 0 aliphatic carbocycles. The standard InChI is InChI=1S/C12H20FN3O2S/c1-3-9(4-2)11(14)8-16-19(17,18)12-10(13)6-5-7-15-12/h5-7,9,11,16H,3-4,8,14H2,1-2H3. The third-order valence-corrected chi connectivity index (χ3v) is 4.50. The van der Waals surface area contributed by atoms with E-state index in [1.165, 1.54) is 12.3 Å². The summed E-state index contributed by atoms with van der Waals surface area (Å²) < 4.78 is 39.5. The number of hydrogen-bond donors (Lipinski definition) is 2. The molecule has 0 bridgehead atoms. The second-order valence-electron chi connectivity index (χ2n) is 4.38. The molecule has 0 fully saturated rings. The van der Waals surface area contributed by atoms with Crippen LogP contribution in [0.5, 0.6) is 0 Å². The van der Waals surface area contributed by atoms with Gasteiger partial charge in [0.1, 0.15) is 0 Å². The van der Waals surface area contributed by atoms with E-state index in [1.807, 2.05) is 13.8 Å². The van der Waals surface area contributed by atoms with E-state index in [0.717, 1.165) is 18.9 Å². The van der Waals surface area contributed by atoms with Gasteiger partial charge in [-0.05, 0) is 18.1 Å². The van der Waals surface area contributed by atoms with Crippen molar-refractivity contribution in [2.24, 2.45) is 11.7 Å². The SMILES string of the molecule is CCC(CC)C(N)CNS(=O)(=O)c1ncccc1F. The molecule has 1 rings (SSSR count). The molecular formula is C12H20FN3O2S. The Morgan fingerprint density at radius 1 is 1.42 bits per heavy atom. The third-order valence-electron chi connectivity index (χ3n) is 3.14. The molecule has 1 heterocycles. The van der Waals surface area contributed by atoms with Crippen molar-refractivity contribution in [2.75, 3.05) is 6.54 Å². The van der Waals surface area contributed by atoms with E-state index in [0.29, 0.717) is 0 Å². The molecule has 1 aromatic rings. The number of aromatic nitrogens is 1. The van der Waals surface area contributed by atoms with Gasteiger partial charge in [0, 0.05) is 18.8 Å². The van der Waals surface area contributed by atoms with Crippen LogP contribution in [0.1, 0.15) is 26.7 Å². The number of nitrogens with two attached hydrogens (primary N) is 1.